The Morgan fingerprint density at radius 1 is 1.56 bits per heavy atom. The van der Waals surface area contributed by atoms with Crippen LogP contribution in [0.25, 0.3) is 0 Å². The number of halogens is 1. The van der Waals surface area contributed by atoms with Crippen LogP contribution in [0.1, 0.15) is 26.2 Å². The van der Waals surface area contributed by atoms with E-state index in [-0.39, 0.29) is 5.91 Å². The molecule has 5 heteroatoms. The van der Waals surface area contributed by atoms with Crippen LogP contribution in [0.3, 0.4) is 0 Å². The van der Waals surface area contributed by atoms with Gasteiger partial charge in [-0.1, -0.05) is 0 Å². The molecule has 1 saturated carbocycles. The summed E-state index contributed by atoms with van der Waals surface area (Å²) in [7, 11) is 0. The Bertz CT molecular complexity index is 402. The fourth-order valence-electron chi connectivity index (χ4n) is 2.12. The summed E-state index contributed by atoms with van der Waals surface area (Å²) >= 11 is 2.19. The SMILES string of the molecule is CCOC1CC(CC(=O)Nc2ccc(I)cn2)C1. The zero-order valence-corrected chi connectivity index (χ0v) is 12.5. The van der Waals surface area contributed by atoms with E-state index in [1.54, 1.807) is 6.20 Å². The molecule has 1 fully saturated rings. The average Bonchev–Trinajstić information content (AvgIpc) is 2.29. The Kier molecular flexibility index (Phi) is 4.94. The minimum atomic E-state index is 0.0451. The summed E-state index contributed by atoms with van der Waals surface area (Å²) < 4.78 is 6.54. The molecule has 2 rings (SSSR count). The first-order chi connectivity index (χ1) is 8.67. The molecule has 0 atom stereocenters. The first kappa shape index (κ1) is 13.7. The van der Waals surface area contributed by atoms with Crippen LogP contribution < -0.4 is 5.32 Å². The Balaban J connectivity index is 1.72. The lowest BCUT2D eigenvalue weighted by atomic mass is 9.80. The van der Waals surface area contributed by atoms with E-state index in [0.29, 0.717) is 24.3 Å². The van der Waals surface area contributed by atoms with Gasteiger partial charge in [0.25, 0.3) is 0 Å². The Hall–Kier alpha value is -0.690. The fourth-order valence-corrected chi connectivity index (χ4v) is 2.44. The summed E-state index contributed by atoms with van der Waals surface area (Å²) in [6, 6.07) is 3.75. The van der Waals surface area contributed by atoms with E-state index < -0.39 is 0 Å². The summed E-state index contributed by atoms with van der Waals surface area (Å²) in [4.78, 5) is 15.9. The summed E-state index contributed by atoms with van der Waals surface area (Å²) in [5, 5.41) is 2.82. The van der Waals surface area contributed by atoms with Crippen LogP contribution in [0.4, 0.5) is 5.82 Å². The molecule has 1 amide bonds. The van der Waals surface area contributed by atoms with Crippen molar-refractivity contribution in [2.75, 3.05) is 11.9 Å². The van der Waals surface area contributed by atoms with Gasteiger partial charge in [-0.25, -0.2) is 4.98 Å². The van der Waals surface area contributed by atoms with Gasteiger partial charge in [0.15, 0.2) is 0 Å². The van der Waals surface area contributed by atoms with Crippen LogP contribution in [-0.2, 0) is 9.53 Å². The number of hydrogen-bond acceptors (Lipinski definition) is 3. The summed E-state index contributed by atoms with van der Waals surface area (Å²) in [5.41, 5.74) is 0. The number of pyridine rings is 1. The fraction of sp³-hybridized carbons (Fsp3) is 0.538. The van der Waals surface area contributed by atoms with Crippen LogP contribution >= 0.6 is 22.6 Å². The normalized spacial score (nSPS) is 22.3. The molecule has 1 aromatic rings. The van der Waals surface area contributed by atoms with Gasteiger partial charge in [0.1, 0.15) is 5.82 Å². The number of ether oxygens (including phenoxy) is 1. The maximum absolute atomic E-state index is 11.8. The number of carbonyl (C=O) groups is 1. The van der Waals surface area contributed by atoms with E-state index in [4.69, 9.17) is 4.74 Å². The number of amides is 1. The van der Waals surface area contributed by atoms with Crippen LogP contribution in [0.5, 0.6) is 0 Å². The molecule has 1 heterocycles. The maximum atomic E-state index is 11.8. The second kappa shape index (κ2) is 6.47. The van der Waals surface area contributed by atoms with Crippen LogP contribution in [0.15, 0.2) is 18.3 Å². The van der Waals surface area contributed by atoms with Gasteiger partial charge in [-0.05, 0) is 60.4 Å². The third-order valence-electron chi connectivity index (χ3n) is 3.06. The predicted molar refractivity (Wildman–Crippen MR) is 78.3 cm³/mol. The first-order valence-electron chi connectivity index (χ1n) is 6.20. The molecule has 0 aliphatic heterocycles. The number of rotatable bonds is 5. The van der Waals surface area contributed by atoms with Crippen molar-refractivity contribution < 1.29 is 9.53 Å². The van der Waals surface area contributed by atoms with Gasteiger partial charge in [-0.2, -0.15) is 0 Å². The van der Waals surface area contributed by atoms with Gasteiger partial charge in [0.05, 0.1) is 6.10 Å². The van der Waals surface area contributed by atoms with Crippen molar-refractivity contribution in [1.82, 2.24) is 4.98 Å². The lowest BCUT2D eigenvalue weighted by Crippen LogP contribution is -2.33. The van der Waals surface area contributed by atoms with E-state index in [2.05, 4.69) is 32.9 Å². The van der Waals surface area contributed by atoms with Crippen molar-refractivity contribution in [3.63, 3.8) is 0 Å². The third-order valence-corrected chi connectivity index (χ3v) is 3.70. The highest BCUT2D eigenvalue weighted by Crippen LogP contribution is 2.32. The van der Waals surface area contributed by atoms with E-state index in [1.807, 2.05) is 19.1 Å². The molecule has 0 saturated heterocycles. The number of aromatic nitrogens is 1. The average molecular weight is 360 g/mol. The second-order valence-electron chi connectivity index (χ2n) is 4.53. The number of anilines is 1. The van der Waals surface area contributed by atoms with Crippen LogP contribution in [-0.4, -0.2) is 23.6 Å². The summed E-state index contributed by atoms with van der Waals surface area (Å²) in [5.74, 6) is 1.13. The molecule has 98 valence electrons. The van der Waals surface area contributed by atoms with Gasteiger partial charge in [-0.3, -0.25) is 4.79 Å². The third kappa shape index (κ3) is 3.91. The highest BCUT2D eigenvalue weighted by atomic mass is 127. The molecule has 1 aliphatic rings. The topological polar surface area (TPSA) is 51.2 Å². The molecule has 0 bridgehead atoms. The van der Waals surface area contributed by atoms with Crippen molar-refractivity contribution in [1.29, 1.82) is 0 Å². The standard InChI is InChI=1S/C13H17IN2O2/c1-2-18-11-5-9(6-11)7-13(17)16-12-4-3-10(14)8-15-12/h3-4,8-9,11H,2,5-7H2,1H3,(H,15,16,17). The van der Waals surface area contributed by atoms with E-state index >= 15 is 0 Å². The second-order valence-corrected chi connectivity index (χ2v) is 5.77. The zero-order chi connectivity index (χ0) is 13.0. The summed E-state index contributed by atoms with van der Waals surface area (Å²) in [6.45, 7) is 2.76. The molecule has 0 aromatic carbocycles. The minimum absolute atomic E-state index is 0.0451. The van der Waals surface area contributed by atoms with Crippen molar-refractivity contribution >= 4 is 34.3 Å². The van der Waals surface area contributed by atoms with E-state index in [9.17, 15) is 4.79 Å². The molecule has 0 spiro atoms. The number of carbonyl (C=O) groups excluding carboxylic acids is 1. The molecule has 0 radical (unpaired) electrons. The molecular weight excluding hydrogens is 343 g/mol. The molecule has 18 heavy (non-hydrogen) atoms. The summed E-state index contributed by atoms with van der Waals surface area (Å²) in [6.07, 6.45) is 4.68. The van der Waals surface area contributed by atoms with Gasteiger partial charge >= 0.3 is 0 Å². The molecule has 0 unspecified atom stereocenters. The Morgan fingerprint density at radius 2 is 2.33 bits per heavy atom. The first-order valence-corrected chi connectivity index (χ1v) is 7.28. The van der Waals surface area contributed by atoms with Crippen molar-refractivity contribution in [3.8, 4) is 0 Å². The van der Waals surface area contributed by atoms with Gasteiger partial charge < -0.3 is 10.1 Å². The number of nitrogens with zero attached hydrogens (tertiary/aromatic N) is 1. The smallest absolute Gasteiger partial charge is 0.225 e. The number of hydrogen-bond donors (Lipinski definition) is 1. The predicted octanol–water partition coefficient (Wildman–Crippen LogP) is 2.83. The van der Waals surface area contributed by atoms with Gasteiger partial charge in [0.2, 0.25) is 5.91 Å². The van der Waals surface area contributed by atoms with E-state index in [0.717, 1.165) is 23.0 Å². The lowest BCUT2D eigenvalue weighted by molar-refractivity contribution is -0.119. The lowest BCUT2D eigenvalue weighted by Gasteiger charge is -2.34. The van der Waals surface area contributed by atoms with Crippen LogP contribution in [0, 0.1) is 9.49 Å². The van der Waals surface area contributed by atoms with E-state index in [1.165, 1.54) is 0 Å². The monoisotopic (exact) mass is 360 g/mol. The van der Waals surface area contributed by atoms with Gasteiger partial charge in [-0.15, -0.1) is 0 Å². The van der Waals surface area contributed by atoms with Crippen molar-refractivity contribution in [2.45, 2.75) is 32.3 Å². The maximum Gasteiger partial charge on any atom is 0.225 e. The molecule has 4 nitrogen and oxygen atoms in total. The quantitative estimate of drug-likeness (QED) is 0.822. The number of nitrogens with one attached hydrogen (secondary N) is 1. The van der Waals surface area contributed by atoms with Gasteiger partial charge in [0, 0.05) is 22.8 Å². The molecular formula is C13H17IN2O2. The minimum Gasteiger partial charge on any atom is -0.378 e. The largest absolute Gasteiger partial charge is 0.378 e. The zero-order valence-electron chi connectivity index (χ0n) is 10.4. The van der Waals surface area contributed by atoms with Crippen LogP contribution in [0.2, 0.25) is 0 Å². The highest BCUT2D eigenvalue weighted by molar-refractivity contribution is 14.1. The Labute approximate surface area is 121 Å². The molecule has 1 aliphatic carbocycles. The molecule has 1 N–H and O–H groups in total. The Morgan fingerprint density at radius 3 is 2.94 bits per heavy atom. The highest BCUT2D eigenvalue weighted by Gasteiger charge is 2.31. The molecule has 1 aromatic heterocycles. The van der Waals surface area contributed by atoms with Crippen molar-refractivity contribution in [3.05, 3.63) is 21.9 Å². The van der Waals surface area contributed by atoms with Crippen molar-refractivity contribution in [2.24, 2.45) is 5.92 Å².